The monoisotopic (exact) mass is 404 g/mol. The van der Waals surface area contributed by atoms with E-state index < -0.39 is 29.4 Å². The second-order valence-electron chi connectivity index (χ2n) is 8.34. The Kier molecular flexibility index (Phi) is 5.43. The third-order valence-electron chi connectivity index (χ3n) is 5.50. The van der Waals surface area contributed by atoms with Crippen molar-refractivity contribution >= 4 is 10.9 Å². The standard InChI is InChI=1S/C23H24F4N2/c1-15-8-9-17(24)12-19(15)21(2,3)14-22(28,23(25,26)27)13-16-10-11-29-20-7-5-4-6-18(16)20/h4-12H,13-14,28H2,1-3H3. The average molecular weight is 404 g/mol. The van der Waals surface area contributed by atoms with E-state index in [4.69, 9.17) is 5.73 Å². The molecule has 29 heavy (non-hydrogen) atoms. The summed E-state index contributed by atoms with van der Waals surface area (Å²) >= 11 is 0. The van der Waals surface area contributed by atoms with E-state index in [2.05, 4.69) is 4.98 Å². The van der Waals surface area contributed by atoms with Crippen molar-refractivity contribution in [3.8, 4) is 0 Å². The molecule has 1 atom stereocenters. The van der Waals surface area contributed by atoms with Gasteiger partial charge in [0.1, 0.15) is 11.4 Å². The van der Waals surface area contributed by atoms with E-state index >= 15 is 0 Å². The Morgan fingerprint density at radius 3 is 2.38 bits per heavy atom. The maximum Gasteiger partial charge on any atom is 0.406 e. The van der Waals surface area contributed by atoms with Crippen molar-refractivity contribution in [3.63, 3.8) is 0 Å². The van der Waals surface area contributed by atoms with E-state index in [9.17, 15) is 17.6 Å². The minimum atomic E-state index is -4.64. The van der Waals surface area contributed by atoms with E-state index in [-0.39, 0.29) is 6.42 Å². The number of alkyl halides is 3. The van der Waals surface area contributed by atoms with Crippen molar-refractivity contribution in [2.24, 2.45) is 5.73 Å². The molecule has 6 heteroatoms. The Labute approximate surface area is 167 Å². The van der Waals surface area contributed by atoms with E-state index in [1.54, 1.807) is 57.2 Å². The molecule has 1 heterocycles. The molecular weight excluding hydrogens is 380 g/mol. The molecule has 0 fully saturated rings. The zero-order chi connectivity index (χ0) is 21.4. The van der Waals surface area contributed by atoms with Gasteiger partial charge in [-0.1, -0.05) is 38.1 Å². The van der Waals surface area contributed by atoms with Crippen molar-refractivity contribution in [1.82, 2.24) is 4.98 Å². The van der Waals surface area contributed by atoms with Gasteiger partial charge in [0.05, 0.1) is 5.52 Å². The first-order valence-electron chi connectivity index (χ1n) is 9.38. The zero-order valence-electron chi connectivity index (χ0n) is 16.6. The van der Waals surface area contributed by atoms with Crippen LogP contribution in [0.2, 0.25) is 0 Å². The summed E-state index contributed by atoms with van der Waals surface area (Å²) in [6, 6.07) is 12.8. The van der Waals surface area contributed by atoms with Crippen molar-refractivity contribution in [2.75, 3.05) is 0 Å². The fourth-order valence-corrected chi connectivity index (χ4v) is 4.12. The highest BCUT2D eigenvalue weighted by atomic mass is 19.4. The molecule has 0 spiro atoms. The lowest BCUT2D eigenvalue weighted by Crippen LogP contribution is -2.58. The number of nitrogens with zero attached hydrogens (tertiary/aromatic N) is 1. The summed E-state index contributed by atoms with van der Waals surface area (Å²) in [5.74, 6) is -0.478. The zero-order valence-corrected chi connectivity index (χ0v) is 16.6. The van der Waals surface area contributed by atoms with Crippen molar-refractivity contribution in [3.05, 3.63) is 77.2 Å². The Balaban J connectivity index is 2.04. The number of hydrogen-bond donors (Lipinski definition) is 1. The number of aryl methyl sites for hydroxylation is 1. The number of halogens is 4. The molecule has 3 rings (SSSR count). The molecule has 0 aliphatic rings. The predicted molar refractivity (Wildman–Crippen MR) is 107 cm³/mol. The first kappa shape index (κ1) is 21.2. The summed E-state index contributed by atoms with van der Waals surface area (Å²) in [6.45, 7) is 5.11. The van der Waals surface area contributed by atoms with Gasteiger partial charge < -0.3 is 5.73 Å². The third-order valence-corrected chi connectivity index (χ3v) is 5.50. The van der Waals surface area contributed by atoms with Gasteiger partial charge >= 0.3 is 6.18 Å². The van der Waals surface area contributed by atoms with Crippen LogP contribution >= 0.6 is 0 Å². The number of nitrogens with two attached hydrogens (primary N) is 1. The van der Waals surface area contributed by atoms with E-state index in [1.165, 1.54) is 18.3 Å². The maximum absolute atomic E-state index is 14.2. The van der Waals surface area contributed by atoms with Crippen molar-refractivity contribution in [2.45, 2.75) is 50.7 Å². The van der Waals surface area contributed by atoms with Gasteiger partial charge in [0.25, 0.3) is 0 Å². The highest BCUT2D eigenvalue weighted by molar-refractivity contribution is 5.82. The van der Waals surface area contributed by atoms with Crippen LogP contribution in [0.4, 0.5) is 17.6 Å². The molecule has 0 amide bonds. The second kappa shape index (κ2) is 7.41. The predicted octanol–water partition coefficient (Wildman–Crippen LogP) is 5.85. The molecule has 0 aliphatic heterocycles. The van der Waals surface area contributed by atoms with Gasteiger partial charge in [-0.25, -0.2) is 4.39 Å². The topological polar surface area (TPSA) is 38.9 Å². The maximum atomic E-state index is 14.2. The van der Waals surface area contributed by atoms with Gasteiger partial charge in [-0.15, -0.1) is 0 Å². The van der Waals surface area contributed by atoms with Crippen LogP contribution < -0.4 is 5.73 Å². The Hall–Kier alpha value is -2.47. The van der Waals surface area contributed by atoms with Crippen LogP contribution in [0.1, 0.15) is 37.0 Å². The molecule has 3 aromatic rings. The molecule has 154 valence electrons. The average Bonchev–Trinajstić information content (AvgIpc) is 2.62. The molecule has 2 N–H and O–H groups in total. The SMILES string of the molecule is Cc1ccc(F)cc1C(C)(C)CC(N)(Cc1ccnc2ccccc12)C(F)(F)F. The van der Waals surface area contributed by atoms with Crippen LogP contribution in [-0.4, -0.2) is 16.7 Å². The smallest absolute Gasteiger partial charge is 0.317 e. The number of fused-ring (bicyclic) bond motifs is 1. The van der Waals surface area contributed by atoms with Crippen LogP contribution in [0.3, 0.4) is 0 Å². The van der Waals surface area contributed by atoms with Crippen LogP contribution in [0, 0.1) is 12.7 Å². The van der Waals surface area contributed by atoms with Gasteiger partial charge in [0.15, 0.2) is 0 Å². The number of pyridine rings is 1. The molecule has 2 nitrogen and oxygen atoms in total. The summed E-state index contributed by atoms with van der Waals surface area (Å²) in [6.07, 6.45) is -3.92. The summed E-state index contributed by atoms with van der Waals surface area (Å²) in [5, 5.41) is 0.647. The van der Waals surface area contributed by atoms with Gasteiger partial charge in [-0.05, 0) is 66.1 Å². The fraction of sp³-hybridized carbons (Fsp3) is 0.348. The van der Waals surface area contributed by atoms with Gasteiger partial charge in [-0.3, -0.25) is 4.98 Å². The summed E-state index contributed by atoms with van der Waals surface area (Å²) in [7, 11) is 0. The minimum Gasteiger partial charge on any atom is -0.317 e. The minimum absolute atomic E-state index is 0.384. The van der Waals surface area contributed by atoms with Crippen molar-refractivity contribution in [1.29, 1.82) is 0 Å². The number of benzene rings is 2. The number of hydrogen-bond acceptors (Lipinski definition) is 2. The van der Waals surface area contributed by atoms with Crippen LogP contribution in [0.15, 0.2) is 54.7 Å². The number of rotatable bonds is 5. The summed E-state index contributed by atoms with van der Waals surface area (Å²) in [4.78, 5) is 4.21. The normalized spacial score (nSPS) is 14.8. The Morgan fingerprint density at radius 2 is 1.69 bits per heavy atom. The van der Waals surface area contributed by atoms with Gasteiger partial charge in [0, 0.05) is 11.6 Å². The van der Waals surface area contributed by atoms with E-state index in [1.807, 2.05) is 0 Å². The molecule has 0 saturated heterocycles. The molecule has 0 saturated carbocycles. The number of para-hydroxylation sites is 1. The molecule has 1 aromatic heterocycles. The molecule has 0 bridgehead atoms. The van der Waals surface area contributed by atoms with Gasteiger partial charge in [-0.2, -0.15) is 13.2 Å². The highest BCUT2D eigenvalue weighted by Gasteiger charge is 2.54. The van der Waals surface area contributed by atoms with E-state index in [0.717, 1.165) is 5.56 Å². The molecule has 2 aromatic carbocycles. The largest absolute Gasteiger partial charge is 0.406 e. The first-order valence-corrected chi connectivity index (χ1v) is 9.38. The lowest BCUT2D eigenvalue weighted by molar-refractivity contribution is -0.191. The lowest BCUT2D eigenvalue weighted by Gasteiger charge is -2.40. The Morgan fingerprint density at radius 1 is 1.00 bits per heavy atom. The van der Waals surface area contributed by atoms with Crippen LogP contribution in [-0.2, 0) is 11.8 Å². The summed E-state index contributed by atoms with van der Waals surface area (Å²) in [5.41, 5.74) is 4.96. The van der Waals surface area contributed by atoms with Crippen LogP contribution in [0.25, 0.3) is 10.9 Å². The van der Waals surface area contributed by atoms with Crippen molar-refractivity contribution < 1.29 is 17.6 Å². The molecule has 0 aliphatic carbocycles. The molecular formula is C23H24F4N2. The lowest BCUT2D eigenvalue weighted by atomic mass is 9.70. The highest BCUT2D eigenvalue weighted by Crippen LogP contribution is 2.42. The molecule has 1 unspecified atom stereocenters. The second-order valence-corrected chi connectivity index (χ2v) is 8.34. The van der Waals surface area contributed by atoms with Crippen LogP contribution in [0.5, 0.6) is 0 Å². The molecule has 0 radical (unpaired) electrons. The quantitative estimate of drug-likeness (QED) is 0.542. The van der Waals surface area contributed by atoms with E-state index in [0.29, 0.717) is 22.0 Å². The third kappa shape index (κ3) is 4.27. The Bertz CT molecular complexity index is 1020. The summed E-state index contributed by atoms with van der Waals surface area (Å²) < 4.78 is 56.4. The number of aromatic nitrogens is 1. The first-order chi connectivity index (χ1) is 13.4. The fourth-order valence-electron chi connectivity index (χ4n) is 4.12. The van der Waals surface area contributed by atoms with Gasteiger partial charge in [0.2, 0.25) is 0 Å².